The smallest absolute Gasteiger partial charge is 0.383 e. The van der Waals surface area contributed by atoms with E-state index < -0.39 is 11.7 Å². The van der Waals surface area contributed by atoms with Gasteiger partial charge in [-0.3, -0.25) is 0 Å². The average Bonchev–Trinajstić information content (AvgIpc) is 2.26. The number of hydrogen-bond donors (Lipinski definition) is 1. The van der Waals surface area contributed by atoms with Gasteiger partial charge in [-0.25, -0.2) is 0 Å². The molecular weight excluding hydrogens is 247 g/mol. The Balaban J connectivity index is 2.56. The van der Waals surface area contributed by atoms with E-state index in [1.807, 2.05) is 13.2 Å². The highest BCUT2D eigenvalue weighted by molar-refractivity contribution is 7.98. The molecule has 0 spiro atoms. The first-order valence-corrected chi connectivity index (χ1v) is 6.75. The van der Waals surface area contributed by atoms with Crippen LogP contribution in [-0.4, -0.2) is 18.1 Å². The average molecular weight is 263 g/mol. The first-order chi connectivity index (χ1) is 7.93. The summed E-state index contributed by atoms with van der Waals surface area (Å²) < 4.78 is 37.0. The SMILES string of the molecule is CSCCC(C)Nc1ccc(C(F)(F)F)cc1. The molecule has 0 bridgehead atoms. The number of hydrogen-bond acceptors (Lipinski definition) is 2. The van der Waals surface area contributed by atoms with E-state index in [1.54, 1.807) is 11.8 Å². The molecule has 0 aliphatic heterocycles. The summed E-state index contributed by atoms with van der Waals surface area (Å²) in [7, 11) is 0. The maximum atomic E-state index is 12.3. The van der Waals surface area contributed by atoms with E-state index in [9.17, 15) is 13.2 Å². The zero-order valence-corrected chi connectivity index (χ0v) is 10.7. The van der Waals surface area contributed by atoms with Crippen LogP contribution in [0.15, 0.2) is 24.3 Å². The Morgan fingerprint density at radius 1 is 1.24 bits per heavy atom. The van der Waals surface area contributed by atoms with Gasteiger partial charge < -0.3 is 5.32 Å². The molecule has 1 unspecified atom stereocenters. The fraction of sp³-hybridized carbons (Fsp3) is 0.500. The Bertz CT molecular complexity index is 335. The van der Waals surface area contributed by atoms with Gasteiger partial charge in [-0.1, -0.05) is 0 Å². The van der Waals surface area contributed by atoms with Crippen molar-refractivity contribution in [1.82, 2.24) is 0 Å². The van der Waals surface area contributed by atoms with E-state index in [1.165, 1.54) is 12.1 Å². The van der Waals surface area contributed by atoms with Crippen LogP contribution >= 0.6 is 11.8 Å². The Morgan fingerprint density at radius 3 is 2.29 bits per heavy atom. The summed E-state index contributed by atoms with van der Waals surface area (Å²) in [4.78, 5) is 0. The topological polar surface area (TPSA) is 12.0 Å². The molecule has 1 N–H and O–H groups in total. The molecule has 1 aromatic rings. The minimum Gasteiger partial charge on any atom is -0.383 e. The van der Waals surface area contributed by atoms with Crippen molar-refractivity contribution in [3.63, 3.8) is 0 Å². The first kappa shape index (κ1) is 14.2. The van der Waals surface area contributed by atoms with E-state index in [2.05, 4.69) is 5.32 Å². The monoisotopic (exact) mass is 263 g/mol. The lowest BCUT2D eigenvalue weighted by Gasteiger charge is -2.15. The highest BCUT2D eigenvalue weighted by atomic mass is 32.2. The van der Waals surface area contributed by atoms with Crippen molar-refractivity contribution in [3.8, 4) is 0 Å². The highest BCUT2D eigenvalue weighted by Gasteiger charge is 2.29. The molecule has 0 aromatic heterocycles. The highest BCUT2D eigenvalue weighted by Crippen LogP contribution is 2.29. The largest absolute Gasteiger partial charge is 0.416 e. The van der Waals surface area contributed by atoms with Crippen molar-refractivity contribution in [2.24, 2.45) is 0 Å². The number of benzene rings is 1. The van der Waals surface area contributed by atoms with E-state index in [-0.39, 0.29) is 6.04 Å². The molecule has 96 valence electrons. The lowest BCUT2D eigenvalue weighted by atomic mass is 10.2. The van der Waals surface area contributed by atoms with Crippen molar-refractivity contribution in [3.05, 3.63) is 29.8 Å². The summed E-state index contributed by atoms with van der Waals surface area (Å²) in [6, 6.07) is 5.41. The van der Waals surface area contributed by atoms with Gasteiger partial charge in [0.25, 0.3) is 0 Å². The van der Waals surface area contributed by atoms with Gasteiger partial charge in [-0.2, -0.15) is 24.9 Å². The van der Waals surface area contributed by atoms with Crippen molar-refractivity contribution in [2.75, 3.05) is 17.3 Å². The number of anilines is 1. The van der Waals surface area contributed by atoms with E-state index in [4.69, 9.17) is 0 Å². The molecule has 1 rings (SSSR count). The van der Waals surface area contributed by atoms with E-state index in [0.717, 1.165) is 30.0 Å². The van der Waals surface area contributed by atoms with Crippen LogP contribution < -0.4 is 5.32 Å². The summed E-state index contributed by atoms with van der Waals surface area (Å²) in [6.07, 6.45) is -1.24. The van der Waals surface area contributed by atoms with Gasteiger partial charge in [0, 0.05) is 11.7 Å². The second-order valence-corrected chi connectivity index (χ2v) is 4.89. The van der Waals surface area contributed by atoms with Crippen LogP contribution in [0.1, 0.15) is 18.9 Å². The second kappa shape index (κ2) is 6.19. The standard InChI is InChI=1S/C12H16F3NS/c1-9(7-8-17-2)16-11-5-3-10(4-6-11)12(13,14)15/h3-6,9,16H,7-8H2,1-2H3. The minimum absolute atomic E-state index is 0.263. The summed E-state index contributed by atoms with van der Waals surface area (Å²) in [6.45, 7) is 2.02. The second-order valence-electron chi connectivity index (χ2n) is 3.90. The molecule has 17 heavy (non-hydrogen) atoms. The van der Waals surface area contributed by atoms with Gasteiger partial charge in [0.2, 0.25) is 0 Å². The summed E-state index contributed by atoms with van der Waals surface area (Å²) in [5.41, 5.74) is 0.117. The lowest BCUT2D eigenvalue weighted by molar-refractivity contribution is -0.137. The van der Waals surface area contributed by atoms with Crippen LogP contribution in [0, 0.1) is 0 Å². The fourth-order valence-corrected chi connectivity index (χ4v) is 2.00. The van der Waals surface area contributed by atoms with Gasteiger partial charge in [0.05, 0.1) is 5.56 Å². The molecule has 0 amide bonds. The maximum Gasteiger partial charge on any atom is 0.416 e. The normalized spacial score (nSPS) is 13.5. The Labute approximate surface area is 104 Å². The maximum absolute atomic E-state index is 12.3. The molecule has 0 radical (unpaired) electrons. The zero-order valence-electron chi connectivity index (χ0n) is 9.84. The van der Waals surface area contributed by atoms with Crippen LogP contribution in [0.2, 0.25) is 0 Å². The molecule has 5 heteroatoms. The third-order valence-electron chi connectivity index (χ3n) is 2.38. The van der Waals surface area contributed by atoms with Crippen molar-refractivity contribution in [1.29, 1.82) is 0 Å². The van der Waals surface area contributed by atoms with Crippen LogP contribution in [0.25, 0.3) is 0 Å². The fourth-order valence-electron chi connectivity index (χ4n) is 1.41. The van der Waals surface area contributed by atoms with Crippen molar-refractivity contribution >= 4 is 17.4 Å². The number of halogens is 3. The third kappa shape index (κ3) is 4.89. The number of rotatable bonds is 5. The molecule has 0 saturated heterocycles. The first-order valence-electron chi connectivity index (χ1n) is 5.36. The number of alkyl halides is 3. The van der Waals surface area contributed by atoms with Gasteiger partial charge in [0.15, 0.2) is 0 Å². The van der Waals surface area contributed by atoms with Crippen LogP contribution in [0.5, 0.6) is 0 Å². The Morgan fingerprint density at radius 2 is 1.82 bits per heavy atom. The summed E-state index contributed by atoms with van der Waals surface area (Å²) in [5.74, 6) is 1.04. The predicted octanol–water partition coefficient (Wildman–Crippen LogP) is 4.26. The quantitative estimate of drug-likeness (QED) is 0.852. The number of thioether (sulfide) groups is 1. The summed E-state index contributed by atoms with van der Waals surface area (Å²) in [5, 5.41) is 3.17. The molecule has 0 aliphatic carbocycles. The molecule has 0 fully saturated rings. The van der Waals surface area contributed by atoms with Gasteiger partial charge in [-0.05, 0) is 49.6 Å². The molecule has 0 aliphatic rings. The molecule has 1 atom stereocenters. The van der Waals surface area contributed by atoms with Crippen LogP contribution in [-0.2, 0) is 6.18 Å². The zero-order chi connectivity index (χ0) is 12.9. The molecular formula is C12H16F3NS. The summed E-state index contributed by atoms with van der Waals surface area (Å²) >= 11 is 1.76. The van der Waals surface area contributed by atoms with Crippen molar-refractivity contribution < 1.29 is 13.2 Å². The third-order valence-corrected chi connectivity index (χ3v) is 3.02. The molecule has 1 aromatic carbocycles. The Kier molecular flexibility index (Phi) is 5.18. The van der Waals surface area contributed by atoms with Gasteiger partial charge >= 0.3 is 6.18 Å². The molecule has 0 saturated carbocycles. The van der Waals surface area contributed by atoms with Gasteiger partial charge in [0.1, 0.15) is 0 Å². The molecule has 1 nitrogen and oxygen atoms in total. The van der Waals surface area contributed by atoms with Crippen molar-refractivity contribution in [2.45, 2.75) is 25.6 Å². The van der Waals surface area contributed by atoms with Crippen LogP contribution in [0.3, 0.4) is 0 Å². The minimum atomic E-state index is -4.26. The van der Waals surface area contributed by atoms with Gasteiger partial charge in [-0.15, -0.1) is 0 Å². The van der Waals surface area contributed by atoms with E-state index in [0.29, 0.717) is 0 Å². The number of nitrogens with one attached hydrogen (secondary N) is 1. The molecule has 0 heterocycles. The predicted molar refractivity (Wildman–Crippen MR) is 67.5 cm³/mol. The van der Waals surface area contributed by atoms with E-state index >= 15 is 0 Å². The lowest BCUT2D eigenvalue weighted by Crippen LogP contribution is -2.16. The Hall–Kier alpha value is -0.840. The van der Waals surface area contributed by atoms with Crippen LogP contribution in [0.4, 0.5) is 18.9 Å².